The molecule has 0 saturated carbocycles. The molecule has 0 aliphatic heterocycles. The second kappa shape index (κ2) is 8.47. The Morgan fingerprint density at radius 2 is 1.43 bits per heavy atom. The molecular weight excluding hydrogens is 404 g/mol. The van der Waals surface area contributed by atoms with Crippen LogP contribution in [-0.4, -0.2) is 38.4 Å². The molecule has 0 unspecified atom stereocenters. The molecule has 3 rings (SSSR count). The van der Waals surface area contributed by atoms with Crippen LogP contribution in [0.1, 0.15) is 15.9 Å². The molecule has 0 radical (unpaired) electrons. The van der Waals surface area contributed by atoms with Crippen molar-refractivity contribution in [2.24, 2.45) is 5.14 Å². The van der Waals surface area contributed by atoms with E-state index in [0.717, 1.165) is 5.56 Å². The SMILES string of the molecule is CNc1nc(-c2ccc(S(N)(=O)=O)cc2)nc(NC)c1C(=O)Nc1ccc(C)cc1. The lowest BCUT2D eigenvalue weighted by molar-refractivity contribution is 0.102. The molecule has 0 atom stereocenters. The first-order valence-electron chi connectivity index (χ1n) is 9.01. The van der Waals surface area contributed by atoms with E-state index in [2.05, 4.69) is 25.9 Å². The number of hydrogen-bond donors (Lipinski definition) is 4. The Hall–Kier alpha value is -3.50. The largest absolute Gasteiger partial charge is 0.372 e. The fraction of sp³-hybridized carbons (Fsp3) is 0.150. The molecule has 3 aromatic rings. The molecule has 1 heterocycles. The summed E-state index contributed by atoms with van der Waals surface area (Å²) in [6, 6.07) is 13.3. The summed E-state index contributed by atoms with van der Waals surface area (Å²) < 4.78 is 22.9. The minimum atomic E-state index is -3.80. The number of nitrogens with one attached hydrogen (secondary N) is 3. The average molecular weight is 427 g/mol. The van der Waals surface area contributed by atoms with E-state index in [4.69, 9.17) is 5.14 Å². The molecule has 1 amide bonds. The molecule has 0 saturated heterocycles. The second-order valence-corrected chi connectivity index (χ2v) is 8.07. The molecule has 0 spiro atoms. The van der Waals surface area contributed by atoms with Crippen molar-refractivity contribution in [2.75, 3.05) is 30.0 Å². The molecule has 1 aromatic heterocycles. The van der Waals surface area contributed by atoms with E-state index in [1.807, 2.05) is 31.2 Å². The van der Waals surface area contributed by atoms with Crippen LogP contribution in [0.25, 0.3) is 11.4 Å². The third-order valence-electron chi connectivity index (χ3n) is 4.36. The van der Waals surface area contributed by atoms with Gasteiger partial charge in [-0.3, -0.25) is 4.79 Å². The zero-order chi connectivity index (χ0) is 21.9. The number of carbonyl (C=O) groups is 1. The maximum absolute atomic E-state index is 12.9. The maximum atomic E-state index is 12.9. The molecule has 0 aliphatic rings. The van der Waals surface area contributed by atoms with Crippen molar-refractivity contribution in [3.05, 3.63) is 59.7 Å². The molecule has 156 valence electrons. The van der Waals surface area contributed by atoms with Crippen LogP contribution in [0.5, 0.6) is 0 Å². The summed E-state index contributed by atoms with van der Waals surface area (Å²) in [6.45, 7) is 1.96. The van der Waals surface area contributed by atoms with Crippen molar-refractivity contribution < 1.29 is 13.2 Å². The van der Waals surface area contributed by atoms with Crippen LogP contribution in [-0.2, 0) is 10.0 Å². The van der Waals surface area contributed by atoms with Crippen LogP contribution in [0.3, 0.4) is 0 Å². The van der Waals surface area contributed by atoms with Crippen LogP contribution < -0.4 is 21.1 Å². The Kier molecular flexibility index (Phi) is 5.99. The summed E-state index contributed by atoms with van der Waals surface area (Å²) in [5, 5.41) is 13.8. The Morgan fingerprint density at radius 1 is 0.900 bits per heavy atom. The van der Waals surface area contributed by atoms with Gasteiger partial charge in [-0.25, -0.2) is 23.5 Å². The summed E-state index contributed by atoms with van der Waals surface area (Å²) in [6.07, 6.45) is 0. The van der Waals surface area contributed by atoms with E-state index in [1.165, 1.54) is 12.1 Å². The van der Waals surface area contributed by atoms with E-state index in [-0.39, 0.29) is 16.4 Å². The van der Waals surface area contributed by atoms with Crippen molar-refractivity contribution in [1.29, 1.82) is 0 Å². The standard InChI is InChI=1S/C20H22N6O3S/c1-12-4-8-14(9-5-12)24-20(27)16-18(22-2)25-17(26-19(16)23-3)13-6-10-15(11-7-13)30(21,28)29/h4-11H,1-3H3,(H,24,27)(H2,21,28,29)(H2,22,23,25,26). The highest BCUT2D eigenvalue weighted by Gasteiger charge is 2.21. The van der Waals surface area contributed by atoms with Crippen molar-refractivity contribution in [1.82, 2.24) is 9.97 Å². The van der Waals surface area contributed by atoms with Gasteiger partial charge in [-0.2, -0.15) is 0 Å². The number of nitrogens with two attached hydrogens (primary N) is 1. The number of rotatable bonds is 6. The molecule has 10 heteroatoms. The van der Waals surface area contributed by atoms with Crippen molar-refractivity contribution in [2.45, 2.75) is 11.8 Å². The first kappa shape index (κ1) is 21.2. The summed E-state index contributed by atoms with van der Waals surface area (Å²) in [7, 11) is -0.494. The van der Waals surface area contributed by atoms with Crippen LogP contribution in [0, 0.1) is 6.92 Å². The van der Waals surface area contributed by atoms with Crippen molar-refractivity contribution in [3.63, 3.8) is 0 Å². The molecule has 5 N–H and O–H groups in total. The number of anilines is 3. The highest BCUT2D eigenvalue weighted by Crippen LogP contribution is 2.27. The zero-order valence-corrected chi connectivity index (χ0v) is 17.5. The molecule has 2 aromatic carbocycles. The lowest BCUT2D eigenvalue weighted by Gasteiger charge is -2.15. The Balaban J connectivity index is 1.99. The van der Waals surface area contributed by atoms with E-state index in [9.17, 15) is 13.2 Å². The minimum absolute atomic E-state index is 0.0111. The van der Waals surface area contributed by atoms with Gasteiger partial charge in [0.15, 0.2) is 5.82 Å². The third kappa shape index (κ3) is 4.56. The minimum Gasteiger partial charge on any atom is -0.372 e. The Bertz CT molecular complexity index is 1150. The highest BCUT2D eigenvalue weighted by atomic mass is 32.2. The van der Waals surface area contributed by atoms with Crippen LogP contribution in [0.2, 0.25) is 0 Å². The quantitative estimate of drug-likeness (QED) is 0.475. The second-order valence-electron chi connectivity index (χ2n) is 6.51. The van der Waals surface area contributed by atoms with E-state index < -0.39 is 10.0 Å². The number of hydrogen-bond acceptors (Lipinski definition) is 7. The predicted octanol–water partition coefficient (Wildman–Crippen LogP) is 2.44. The van der Waals surface area contributed by atoms with Crippen molar-refractivity contribution in [3.8, 4) is 11.4 Å². The molecule has 0 bridgehead atoms. The highest BCUT2D eigenvalue weighted by molar-refractivity contribution is 7.89. The van der Waals surface area contributed by atoms with Gasteiger partial charge in [0.05, 0.1) is 4.90 Å². The van der Waals surface area contributed by atoms with Gasteiger partial charge in [0, 0.05) is 25.3 Å². The summed E-state index contributed by atoms with van der Waals surface area (Å²) in [4.78, 5) is 21.8. The summed E-state index contributed by atoms with van der Waals surface area (Å²) in [5.74, 6) is 0.592. The van der Waals surface area contributed by atoms with Gasteiger partial charge in [-0.1, -0.05) is 17.7 Å². The van der Waals surface area contributed by atoms with Gasteiger partial charge >= 0.3 is 0 Å². The molecule has 0 aliphatic carbocycles. The molecule has 30 heavy (non-hydrogen) atoms. The van der Waals surface area contributed by atoms with Gasteiger partial charge in [-0.15, -0.1) is 0 Å². The van der Waals surface area contributed by atoms with Crippen molar-refractivity contribution >= 4 is 33.3 Å². The number of benzene rings is 2. The normalized spacial score (nSPS) is 11.1. The maximum Gasteiger partial charge on any atom is 0.263 e. The van der Waals surface area contributed by atoms with Crippen LogP contribution >= 0.6 is 0 Å². The van der Waals surface area contributed by atoms with Crippen LogP contribution in [0.15, 0.2) is 53.4 Å². The zero-order valence-electron chi connectivity index (χ0n) is 16.7. The first-order chi connectivity index (χ1) is 14.2. The van der Waals surface area contributed by atoms with Gasteiger partial charge in [0.25, 0.3) is 5.91 Å². The summed E-state index contributed by atoms with van der Waals surface area (Å²) in [5.41, 5.74) is 2.56. The third-order valence-corrected chi connectivity index (χ3v) is 5.29. The first-order valence-corrected chi connectivity index (χ1v) is 10.6. The Morgan fingerprint density at radius 3 is 1.90 bits per heavy atom. The van der Waals surface area contributed by atoms with Gasteiger partial charge in [0.2, 0.25) is 10.0 Å². The van der Waals surface area contributed by atoms with E-state index in [1.54, 1.807) is 26.2 Å². The number of aromatic nitrogens is 2. The number of primary sulfonamides is 1. The fourth-order valence-corrected chi connectivity index (χ4v) is 3.31. The lowest BCUT2D eigenvalue weighted by atomic mass is 10.1. The number of nitrogens with zero attached hydrogens (tertiary/aromatic N) is 2. The monoisotopic (exact) mass is 426 g/mol. The van der Waals surface area contributed by atoms with E-state index in [0.29, 0.717) is 28.7 Å². The van der Waals surface area contributed by atoms with Crippen LogP contribution in [0.4, 0.5) is 17.3 Å². The number of amides is 1. The number of aryl methyl sites for hydroxylation is 1. The lowest BCUT2D eigenvalue weighted by Crippen LogP contribution is -2.18. The molecule has 9 nitrogen and oxygen atoms in total. The van der Waals surface area contributed by atoms with E-state index >= 15 is 0 Å². The topological polar surface area (TPSA) is 139 Å². The predicted molar refractivity (Wildman–Crippen MR) is 117 cm³/mol. The average Bonchev–Trinajstić information content (AvgIpc) is 2.73. The Labute approximate surface area is 174 Å². The molecular formula is C20H22N6O3S. The smallest absolute Gasteiger partial charge is 0.263 e. The number of sulfonamides is 1. The fourth-order valence-electron chi connectivity index (χ4n) is 2.79. The number of carbonyl (C=O) groups excluding carboxylic acids is 1. The summed E-state index contributed by atoms with van der Waals surface area (Å²) >= 11 is 0. The van der Waals surface area contributed by atoms with Gasteiger partial charge < -0.3 is 16.0 Å². The molecule has 0 fully saturated rings. The van der Waals surface area contributed by atoms with Gasteiger partial charge in [0.1, 0.15) is 17.2 Å². The van der Waals surface area contributed by atoms with Gasteiger partial charge in [-0.05, 0) is 43.3 Å².